The van der Waals surface area contributed by atoms with Crippen molar-refractivity contribution in [1.29, 1.82) is 0 Å². The zero-order valence-corrected chi connectivity index (χ0v) is 11.6. The second-order valence-electron chi connectivity index (χ2n) is 4.35. The number of nitrogens with one attached hydrogen (secondary N) is 1. The first-order chi connectivity index (χ1) is 9.02. The van der Waals surface area contributed by atoms with Gasteiger partial charge in [-0.05, 0) is 19.1 Å². The first kappa shape index (κ1) is 15.2. The lowest BCUT2D eigenvalue weighted by Crippen LogP contribution is -2.38. The number of hydrogen-bond acceptors (Lipinski definition) is 3. The SMILES string of the molecule is COCCN(CC(=O)Nc1ccc(C)cc1)C(C)=O. The molecule has 19 heavy (non-hydrogen) atoms. The van der Waals surface area contributed by atoms with E-state index in [-0.39, 0.29) is 18.4 Å². The molecule has 104 valence electrons. The Morgan fingerprint density at radius 3 is 2.42 bits per heavy atom. The maximum absolute atomic E-state index is 11.8. The van der Waals surface area contributed by atoms with E-state index in [1.54, 1.807) is 7.11 Å². The predicted molar refractivity (Wildman–Crippen MR) is 73.9 cm³/mol. The maximum Gasteiger partial charge on any atom is 0.243 e. The van der Waals surface area contributed by atoms with E-state index >= 15 is 0 Å². The van der Waals surface area contributed by atoms with E-state index in [0.29, 0.717) is 13.2 Å². The fraction of sp³-hybridized carbons (Fsp3) is 0.429. The molecule has 0 bridgehead atoms. The molecule has 0 fully saturated rings. The Bertz CT molecular complexity index is 429. The van der Waals surface area contributed by atoms with Gasteiger partial charge in [0, 0.05) is 26.3 Å². The van der Waals surface area contributed by atoms with Crippen LogP contribution in [0.1, 0.15) is 12.5 Å². The summed E-state index contributed by atoms with van der Waals surface area (Å²) in [6.45, 7) is 4.28. The van der Waals surface area contributed by atoms with Gasteiger partial charge in [-0.3, -0.25) is 9.59 Å². The Morgan fingerprint density at radius 1 is 1.26 bits per heavy atom. The van der Waals surface area contributed by atoms with Gasteiger partial charge in [0.25, 0.3) is 0 Å². The Labute approximate surface area is 113 Å². The number of nitrogens with zero attached hydrogens (tertiary/aromatic N) is 1. The number of benzene rings is 1. The first-order valence-electron chi connectivity index (χ1n) is 6.14. The largest absolute Gasteiger partial charge is 0.383 e. The summed E-state index contributed by atoms with van der Waals surface area (Å²) in [4.78, 5) is 24.7. The van der Waals surface area contributed by atoms with Crippen molar-refractivity contribution >= 4 is 17.5 Å². The lowest BCUT2D eigenvalue weighted by Gasteiger charge is -2.20. The molecule has 0 saturated carbocycles. The Morgan fingerprint density at radius 2 is 1.89 bits per heavy atom. The lowest BCUT2D eigenvalue weighted by molar-refractivity contribution is -0.133. The van der Waals surface area contributed by atoms with E-state index in [9.17, 15) is 9.59 Å². The normalized spacial score (nSPS) is 10.1. The van der Waals surface area contributed by atoms with Crippen molar-refractivity contribution < 1.29 is 14.3 Å². The number of ether oxygens (including phenoxy) is 1. The van der Waals surface area contributed by atoms with Crippen molar-refractivity contribution in [1.82, 2.24) is 4.90 Å². The molecule has 2 amide bonds. The van der Waals surface area contributed by atoms with Gasteiger partial charge < -0.3 is 15.0 Å². The molecule has 0 heterocycles. The standard InChI is InChI=1S/C14H20N2O3/c1-11-4-6-13(7-5-11)15-14(18)10-16(12(2)17)8-9-19-3/h4-7H,8-10H2,1-3H3,(H,15,18). The zero-order chi connectivity index (χ0) is 14.3. The smallest absolute Gasteiger partial charge is 0.243 e. The average molecular weight is 264 g/mol. The average Bonchev–Trinajstić information content (AvgIpc) is 2.37. The summed E-state index contributed by atoms with van der Waals surface area (Å²) < 4.78 is 4.91. The van der Waals surface area contributed by atoms with Gasteiger partial charge in [-0.2, -0.15) is 0 Å². The third-order valence-corrected chi connectivity index (χ3v) is 2.68. The summed E-state index contributed by atoms with van der Waals surface area (Å²) in [6.07, 6.45) is 0. The van der Waals surface area contributed by atoms with Gasteiger partial charge in [0.2, 0.25) is 11.8 Å². The van der Waals surface area contributed by atoms with Gasteiger partial charge in [-0.1, -0.05) is 17.7 Å². The van der Waals surface area contributed by atoms with E-state index < -0.39 is 0 Å². The molecule has 1 rings (SSSR count). The third-order valence-electron chi connectivity index (χ3n) is 2.68. The van der Waals surface area contributed by atoms with Crippen LogP contribution in [0, 0.1) is 6.92 Å². The van der Waals surface area contributed by atoms with Crippen molar-refractivity contribution in [3.63, 3.8) is 0 Å². The molecule has 5 nitrogen and oxygen atoms in total. The highest BCUT2D eigenvalue weighted by Crippen LogP contribution is 2.08. The molecule has 0 spiro atoms. The van der Waals surface area contributed by atoms with E-state index in [1.165, 1.54) is 11.8 Å². The maximum atomic E-state index is 11.8. The molecule has 0 radical (unpaired) electrons. The fourth-order valence-electron chi connectivity index (χ4n) is 1.56. The van der Waals surface area contributed by atoms with Gasteiger partial charge in [0.1, 0.15) is 0 Å². The van der Waals surface area contributed by atoms with Gasteiger partial charge >= 0.3 is 0 Å². The van der Waals surface area contributed by atoms with Crippen LogP contribution >= 0.6 is 0 Å². The van der Waals surface area contributed by atoms with Gasteiger partial charge in [-0.15, -0.1) is 0 Å². The Kier molecular flexibility index (Phi) is 6.02. The molecule has 1 aromatic carbocycles. The molecule has 1 N–H and O–H groups in total. The van der Waals surface area contributed by atoms with Crippen molar-refractivity contribution in [3.8, 4) is 0 Å². The van der Waals surface area contributed by atoms with E-state index in [2.05, 4.69) is 5.32 Å². The number of carbonyl (C=O) groups is 2. The summed E-state index contributed by atoms with van der Waals surface area (Å²) >= 11 is 0. The van der Waals surface area contributed by atoms with Crippen LogP contribution in [0.15, 0.2) is 24.3 Å². The highest BCUT2D eigenvalue weighted by Gasteiger charge is 2.13. The monoisotopic (exact) mass is 264 g/mol. The van der Waals surface area contributed by atoms with E-state index in [0.717, 1.165) is 11.3 Å². The molecule has 0 saturated heterocycles. The van der Waals surface area contributed by atoms with Crippen LogP contribution in [0.2, 0.25) is 0 Å². The second-order valence-corrected chi connectivity index (χ2v) is 4.35. The van der Waals surface area contributed by atoms with Crippen molar-refractivity contribution in [2.24, 2.45) is 0 Å². The molecule has 0 unspecified atom stereocenters. The zero-order valence-electron chi connectivity index (χ0n) is 11.6. The minimum Gasteiger partial charge on any atom is -0.383 e. The van der Waals surface area contributed by atoms with Crippen molar-refractivity contribution in [3.05, 3.63) is 29.8 Å². The number of anilines is 1. The van der Waals surface area contributed by atoms with Crippen LogP contribution in [0.4, 0.5) is 5.69 Å². The number of hydrogen-bond donors (Lipinski definition) is 1. The summed E-state index contributed by atoms with van der Waals surface area (Å²) in [5.41, 5.74) is 1.86. The van der Waals surface area contributed by atoms with Crippen LogP contribution in [0.3, 0.4) is 0 Å². The van der Waals surface area contributed by atoms with Crippen LogP contribution in [-0.4, -0.2) is 43.5 Å². The topological polar surface area (TPSA) is 58.6 Å². The minimum atomic E-state index is -0.213. The summed E-state index contributed by atoms with van der Waals surface area (Å²) in [5, 5.41) is 2.76. The predicted octanol–water partition coefficient (Wildman–Crippen LogP) is 1.43. The summed E-state index contributed by atoms with van der Waals surface area (Å²) in [6, 6.07) is 7.51. The van der Waals surface area contributed by atoms with E-state index in [4.69, 9.17) is 4.74 Å². The molecule has 1 aromatic rings. The number of methoxy groups -OCH3 is 1. The number of aryl methyl sites for hydroxylation is 1. The van der Waals surface area contributed by atoms with Crippen LogP contribution < -0.4 is 5.32 Å². The van der Waals surface area contributed by atoms with Crippen molar-refractivity contribution in [2.45, 2.75) is 13.8 Å². The van der Waals surface area contributed by atoms with Gasteiger partial charge in [0.15, 0.2) is 0 Å². The quantitative estimate of drug-likeness (QED) is 0.845. The molecule has 0 aliphatic carbocycles. The number of rotatable bonds is 6. The van der Waals surface area contributed by atoms with Crippen LogP contribution in [-0.2, 0) is 14.3 Å². The molecule has 0 aliphatic heterocycles. The summed E-state index contributed by atoms with van der Waals surface area (Å²) in [7, 11) is 1.56. The van der Waals surface area contributed by atoms with Gasteiger partial charge in [-0.25, -0.2) is 0 Å². The van der Waals surface area contributed by atoms with Crippen molar-refractivity contribution in [2.75, 3.05) is 32.1 Å². The fourth-order valence-corrected chi connectivity index (χ4v) is 1.56. The molecular weight excluding hydrogens is 244 g/mol. The van der Waals surface area contributed by atoms with Gasteiger partial charge in [0.05, 0.1) is 13.2 Å². The van der Waals surface area contributed by atoms with Crippen LogP contribution in [0.25, 0.3) is 0 Å². The third kappa shape index (κ3) is 5.52. The number of carbonyl (C=O) groups excluding carboxylic acids is 2. The second kappa shape index (κ2) is 7.53. The van der Waals surface area contributed by atoms with E-state index in [1.807, 2.05) is 31.2 Å². The molecule has 0 aliphatic rings. The Hall–Kier alpha value is -1.88. The minimum absolute atomic E-state index is 0.0343. The summed E-state index contributed by atoms with van der Waals surface area (Å²) in [5.74, 6) is -0.355. The molecule has 0 atom stereocenters. The highest BCUT2D eigenvalue weighted by atomic mass is 16.5. The number of amides is 2. The molecule has 0 aromatic heterocycles. The van der Waals surface area contributed by atoms with Crippen LogP contribution in [0.5, 0.6) is 0 Å². The lowest BCUT2D eigenvalue weighted by atomic mass is 10.2. The highest BCUT2D eigenvalue weighted by molar-refractivity contribution is 5.94. The molecule has 5 heteroatoms. The Balaban J connectivity index is 2.52. The first-order valence-corrected chi connectivity index (χ1v) is 6.14. The molecular formula is C14H20N2O3.